The van der Waals surface area contributed by atoms with Gasteiger partial charge in [0.1, 0.15) is 4.88 Å². The quantitative estimate of drug-likeness (QED) is 0.579. The van der Waals surface area contributed by atoms with E-state index in [0.717, 1.165) is 23.1 Å². The van der Waals surface area contributed by atoms with Gasteiger partial charge in [-0.15, -0.1) is 22.7 Å². The Morgan fingerprint density at radius 1 is 1.32 bits per heavy atom. The lowest BCUT2D eigenvalue weighted by Gasteiger charge is -2.33. The monoisotopic (exact) mass is 347 g/mol. The van der Waals surface area contributed by atoms with E-state index in [9.17, 15) is 4.79 Å². The van der Waals surface area contributed by atoms with Gasteiger partial charge in [0.15, 0.2) is 0 Å². The van der Waals surface area contributed by atoms with Gasteiger partial charge in [0.05, 0.1) is 11.1 Å². The van der Waals surface area contributed by atoms with Crippen molar-refractivity contribution in [1.29, 1.82) is 0 Å². The van der Waals surface area contributed by atoms with Crippen molar-refractivity contribution in [1.82, 2.24) is 4.90 Å². The van der Waals surface area contributed by atoms with Gasteiger partial charge in [-0.1, -0.05) is 29.8 Å². The molecule has 0 radical (unpaired) electrons. The first kappa shape index (κ1) is 14.2. The standard InChI is InChI=1S/C17H14ClNOS2/c1-10-11-7-9-21-13(11)6-8-19(10)17(20)16-15(18)12-4-2-3-5-14(12)22-16/h2-5,7,9-10H,6,8H2,1H3. The molecule has 5 heteroatoms. The first-order valence-electron chi connectivity index (χ1n) is 7.21. The van der Waals surface area contributed by atoms with Crippen LogP contribution in [0.1, 0.15) is 33.1 Å². The molecule has 2 aromatic heterocycles. The van der Waals surface area contributed by atoms with E-state index in [1.54, 1.807) is 11.3 Å². The molecular formula is C17H14ClNOS2. The van der Waals surface area contributed by atoms with Crippen molar-refractivity contribution in [2.45, 2.75) is 19.4 Å². The van der Waals surface area contributed by atoms with Gasteiger partial charge in [-0.3, -0.25) is 4.79 Å². The molecule has 0 bridgehead atoms. The Morgan fingerprint density at radius 2 is 2.14 bits per heavy atom. The lowest BCUT2D eigenvalue weighted by atomic mass is 10.0. The number of halogens is 1. The second kappa shape index (κ2) is 5.37. The summed E-state index contributed by atoms with van der Waals surface area (Å²) in [5, 5.41) is 3.67. The highest BCUT2D eigenvalue weighted by Gasteiger charge is 2.31. The van der Waals surface area contributed by atoms with Crippen LogP contribution < -0.4 is 0 Å². The SMILES string of the molecule is CC1c2ccsc2CCN1C(=O)c1sc2ccccc2c1Cl. The summed E-state index contributed by atoms with van der Waals surface area (Å²) in [6.07, 6.45) is 0.936. The predicted molar refractivity (Wildman–Crippen MR) is 94.3 cm³/mol. The maximum absolute atomic E-state index is 13.0. The minimum atomic E-state index is 0.0514. The van der Waals surface area contributed by atoms with Gasteiger partial charge in [0, 0.05) is 21.5 Å². The summed E-state index contributed by atoms with van der Waals surface area (Å²) in [6.45, 7) is 2.86. The Kier molecular flexibility index (Phi) is 3.48. The lowest BCUT2D eigenvalue weighted by Crippen LogP contribution is -2.38. The van der Waals surface area contributed by atoms with Crippen molar-refractivity contribution >= 4 is 50.3 Å². The van der Waals surface area contributed by atoms with Crippen LogP contribution in [-0.2, 0) is 6.42 Å². The number of benzene rings is 1. The molecule has 0 saturated carbocycles. The predicted octanol–water partition coefficient (Wildman–Crippen LogP) is 5.38. The number of carbonyl (C=O) groups excluding carboxylic acids is 1. The fraction of sp³-hybridized carbons (Fsp3) is 0.235. The summed E-state index contributed by atoms with van der Waals surface area (Å²) in [7, 11) is 0. The van der Waals surface area contributed by atoms with Crippen LogP contribution in [-0.4, -0.2) is 17.4 Å². The van der Waals surface area contributed by atoms with E-state index >= 15 is 0 Å². The molecule has 0 saturated heterocycles. The smallest absolute Gasteiger partial charge is 0.266 e. The zero-order chi connectivity index (χ0) is 15.3. The van der Waals surface area contributed by atoms with E-state index in [0.29, 0.717) is 9.90 Å². The molecule has 0 spiro atoms. The summed E-state index contributed by atoms with van der Waals surface area (Å²) in [5.74, 6) is 0.0514. The summed E-state index contributed by atoms with van der Waals surface area (Å²) < 4.78 is 1.07. The number of carbonyl (C=O) groups is 1. The molecule has 0 fully saturated rings. The van der Waals surface area contributed by atoms with Crippen LogP contribution in [0.4, 0.5) is 0 Å². The lowest BCUT2D eigenvalue weighted by molar-refractivity contribution is 0.0684. The minimum absolute atomic E-state index is 0.0514. The first-order chi connectivity index (χ1) is 10.7. The molecule has 1 atom stereocenters. The molecule has 0 aliphatic carbocycles. The first-order valence-corrected chi connectivity index (χ1v) is 9.28. The van der Waals surface area contributed by atoms with E-state index in [1.165, 1.54) is 21.8 Å². The summed E-state index contributed by atoms with van der Waals surface area (Å²) in [5.41, 5.74) is 1.28. The molecule has 22 heavy (non-hydrogen) atoms. The summed E-state index contributed by atoms with van der Waals surface area (Å²) in [4.78, 5) is 17.0. The molecule has 1 amide bonds. The van der Waals surface area contributed by atoms with Gasteiger partial charge in [0.25, 0.3) is 5.91 Å². The number of rotatable bonds is 1. The Morgan fingerprint density at radius 3 is 2.95 bits per heavy atom. The van der Waals surface area contributed by atoms with Crippen LogP contribution in [0.25, 0.3) is 10.1 Å². The van der Waals surface area contributed by atoms with E-state index < -0.39 is 0 Å². The Labute approximate surface area is 141 Å². The number of hydrogen-bond donors (Lipinski definition) is 0. The van der Waals surface area contributed by atoms with E-state index in [-0.39, 0.29) is 11.9 Å². The van der Waals surface area contributed by atoms with Crippen LogP contribution in [0, 0.1) is 0 Å². The van der Waals surface area contributed by atoms with Crippen LogP contribution in [0.15, 0.2) is 35.7 Å². The summed E-state index contributed by atoms with van der Waals surface area (Å²) in [6, 6.07) is 10.2. The second-order valence-corrected chi connectivity index (χ2v) is 7.90. The molecule has 1 unspecified atom stereocenters. The van der Waals surface area contributed by atoms with Crippen molar-refractivity contribution in [3.05, 3.63) is 56.1 Å². The zero-order valence-corrected chi connectivity index (χ0v) is 14.4. The third kappa shape index (κ3) is 2.09. The van der Waals surface area contributed by atoms with Gasteiger partial charge in [-0.25, -0.2) is 0 Å². The average molecular weight is 348 g/mol. The van der Waals surface area contributed by atoms with Gasteiger partial charge in [0.2, 0.25) is 0 Å². The number of hydrogen-bond acceptors (Lipinski definition) is 3. The topological polar surface area (TPSA) is 20.3 Å². The summed E-state index contributed by atoms with van der Waals surface area (Å²) >= 11 is 9.74. The fourth-order valence-electron chi connectivity index (χ4n) is 3.07. The molecule has 1 aliphatic heterocycles. The van der Waals surface area contributed by atoms with Crippen LogP contribution in [0.3, 0.4) is 0 Å². The molecule has 1 aromatic carbocycles. The fourth-order valence-corrected chi connectivity index (χ4v) is 5.50. The van der Waals surface area contributed by atoms with Crippen molar-refractivity contribution in [3.8, 4) is 0 Å². The molecule has 1 aliphatic rings. The van der Waals surface area contributed by atoms with Gasteiger partial charge in [-0.2, -0.15) is 0 Å². The van der Waals surface area contributed by atoms with E-state index in [4.69, 9.17) is 11.6 Å². The van der Waals surface area contributed by atoms with Crippen molar-refractivity contribution in [2.75, 3.05) is 6.54 Å². The highest BCUT2D eigenvalue weighted by molar-refractivity contribution is 7.21. The Bertz CT molecular complexity index is 867. The van der Waals surface area contributed by atoms with Crippen molar-refractivity contribution in [2.24, 2.45) is 0 Å². The maximum atomic E-state index is 13.0. The normalized spacial score (nSPS) is 17.7. The molecule has 3 aromatic rings. The number of thiophene rings is 2. The average Bonchev–Trinajstić information content (AvgIpc) is 3.13. The molecule has 2 nitrogen and oxygen atoms in total. The number of fused-ring (bicyclic) bond motifs is 2. The van der Waals surface area contributed by atoms with E-state index in [1.807, 2.05) is 29.2 Å². The van der Waals surface area contributed by atoms with Crippen LogP contribution in [0.5, 0.6) is 0 Å². The van der Waals surface area contributed by atoms with Gasteiger partial charge < -0.3 is 4.90 Å². The third-order valence-corrected chi connectivity index (χ3v) is 6.93. The number of amides is 1. The van der Waals surface area contributed by atoms with E-state index in [2.05, 4.69) is 18.4 Å². The third-order valence-electron chi connectivity index (χ3n) is 4.27. The Balaban J connectivity index is 1.74. The zero-order valence-electron chi connectivity index (χ0n) is 12.0. The van der Waals surface area contributed by atoms with Gasteiger partial charge in [-0.05, 0) is 36.4 Å². The molecule has 112 valence electrons. The molecule has 4 rings (SSSR count). The molecular weight excluding hydrogens is 334 g/mol. The number of nitrogens with zero attached hydrogens (tertiary/aromatic N) is 1. The maximum Gasteiger partial charge on any atom is 0.266 e. The van der Waals surface area contributed by atoms with Crippen molar-refractivity contribution in [3.63, 3.8) is 0 Å². The Hall–Kier alpha value is -1.36. The van der Waals surface area contributed by atoms with Crippen LogP contribution in [0.2, 0.25) is 5.02 Å². The minimum Gasteiger partial charge on any atom is -0.331 e. The highest BCUT2D eigenvalue weighted by Crippen LogP contribution is 2.39. The van der Waals surface area contributed by atoms with Crippen LogP contribution >= 0.6 is 34.3 Å². The highest BCUT2D eigenvalue weighted by atomic mass is 35.5. The molecule has 3 heterocycles. The second-order valence-electron chi connectivity index (χ2n) is 5.46. The molecule has 0 N–H and O–H groups in total. The van der Waals surface area contributed by atoms with Crippen molar-refractivity contribution < 1.29 is 4.79 Å². The largest absolute Gasteiger partial charge is 0.331 e. The van der Waals surface area contributed by atoms with Gasteiger partial charge >= 0.3 is 0 Å².